The van der Waals surface area contributed by atoms with Crippen LogP contribution in [0.1, 0.15) is 24.3 Å². The molecule has 0 aliphatic carbocycles. The van der Waals surface area contributed by atoms with Gasteiger partial charge >= 0.3 is 0 Å². The molecule has 2 rings (SSSR count). The van der Waals surface area contributed by atoms with E-state index in [2.05, 4.69) is 22.0 Å². The van der Waals surface area contributed by atoms with Crippen molar-refractivity contribution < 1.29 is 4.74 Å². The van der Waals surface area contributed by atoms with Gasteiger partial charge < -0.3 is 10.5 Å². The zero-order chi connectivity index (χ0) is 9.97. The highest BCUT2D eigenvalue weighted by atomic mass is 79.9. The normalized spacial score (nSPS) is 20.0. The van der Waals surface area contributed by atoms with E-state index in [-0.39, 0.29) is 0 Å². The van der Waals surface area contributed by atoms with Crippen LogP contribution in [0.4, 0.5) is 0 Å². The Balaban J connectivity index is 2.32. The molecule has 1 atom stereocenters. The van der Waals surface area contributed by atoms with Crippen LogP contribution >= 0.6 is 15.9 Å². The van der Waals surface area contributed by atoms with Gasteiger partial charge in [-0.2, -0.15) is 0 Å². The molecule has 0 radical (unpaired) electrons. The maximum Gasteiger partial charge on any atom is 0.122 e. The molecule has 0 saturated heterocycles. The number of rotatable bonds is 2. The second-order valence-corrected chi connectivity index (χ2v) is 4.51. The Kier molecular flexibility index (Phi) is 3.08. The lowest BCUT2D eigenvalue weighted by atomic mass is 9.90. The van der Waals surface area contributed by atoms with Crippen molar-refractivity contribution in [3.05, 3.63) is 28.2 Å². The van der Waals surface area contributed by atoms with E-state index in [0.29, 0.717) is 5.92 Å². The first-order valence-electron chi connectivity index (χ1n) is 4.93. The summed E-state index contributed by atoms with van der Waals surface area (Å²) in [5.74, 6) is 1.60. The predicted octanol–water partition coefficient (Wildman–Crippen LogP) is 2.66. The SMILES string of the molecule is NCCC1CCOc2ccc(Br)cc21. The summed E-state index contributed by atoms with van der Waals surface area (Å²) in [4.78, 5) is 0. The average molecular weight is 256 g/mol. The van der Waals surface area contributed by atoms with Gasteiger partial charge in [0, 0.05) is 4.47 Å². The number of ether oxygens (including phenoxy) is 1. The third kappa shape index (κ3) is 1.93. The molecule has 1 unspecified atom stereocenters. The summed E-state index contributed by atoms with van der Waals surface area (Å²) in [5, 5.41) is 0. The van der Waals surface area contributed by atoms with E-state index in [9.17, 15) is 0 Å². The number of hydrogen-bond acceptors (Lipinski definition) is 2. The van der Waals surface area contributed by atoms with E-state index in [1.54, 1.807) is 0 Å². The van der Waals surface area contributed by atoms with Crippen molar-refractivity contribution >= 4 is 15.9 Å². The van der Waals surface area contributed by atoms with Crippen molar-refractivity contribution in [2.75, 3.05) is 13.2 Å². The third-order valence-corrected chi connectivity index (χ3v) is 3.14. The molecule has 76 valence electrons. The van der Waals surface area contributed by atoms with Gasteiger partial charge in [0.05, 0.1) is 6.61 Å². The van der Waals surface area contributed by atoms with Crippen molar-refractivity contribution in [1.29, 1.82) is 0 Å². The molecule has 1 aliphatic rings. The number of fused-ring (bicyclic) bond motifs is 1. The molecule has 0 aromatic heterocycles. The maximum absolute atomic E-state index is 5.60. The highest BCUT2D eigenvalue weighted by molar-refractivity contribution is 9.10. The first-order chi connectivity index (χ1) is 6.81. The smallest absolute Gasteiger partial charge is 0.122 e. The van der Waals surface area contributed by atoms with Crippen molar-refractivity contribution in [3.8, 4) is 5.75 Å². The molecule has 1 aromatic carbocycles. The Labute approximate surface area is 92.6 Å². The lowest BCUT2D eigenvalue weighted by molar-refractivity contribution is 0.264. The molecule has 0 fully saturated rings. The highest BCUT2D eigenvalue weighted by Crippen LogP contribution is 2.36. The maximum atomic E-state index is 5.60. The van der Waals surface area contributed by atoms with Gasteiger partial charge in [-0.1, -0.05) is 15.9 Å². The molecule has 0 spiro atoms. The molecular weight excluding hydrogens is 242 g/mol. The van der Waals surface area contributed by atoms with E-state index in [4.69, 9.17) is 10.5 Å². The van der Waals surface area contributed by atoms with Gasteiger partial charge in [0.1, 0.15) is 5.75 Å². The minimum Gasteiger partial charge on any atom is -0.493 e. The minimum atomic E-state index is 0.571. The molecule has 14 heavy (non-hydrogen) atoms. The first-order valence-corrected chi connectivity index (χ1v) is 5.73. The molecule has 2 N–H and O–H groups in total. The largest absolute Gasteiger partial charge is 0.493 e. The zero-order valence-electron chi connectivity index (χ0n) is 8.00. The van der Waals surface area contributed by atoms with Crippen LogP contribution in [0.25, 0.3) is 0 Å². The first kappa shape index (κ1) is 9.99. The fourth-order valence-corrected chi connectivity index (χ4v) is 2.32. The van der Waals surface area contributed by atoms with Crippen LogP contribution in [-0.4, -0.2) is 13.2 Å². The van der Waals surface area contributed by atoms with Gasteiger partial charge in [-0.05, 0) is 49.1 Å². The van der Waals surface area contributed by atoms with Gasteiger partial charge in [-0.3, -0.25) is 0 Å². The van der Waals surface area contributed by atoms with Crippen molar-refractivity contribution in [3.63, 3.8) is 0 Å². The Bertz CT molecular complexity index is 327. The lowest BCUT2D eigenvalue weighted by Gasteiger charge is -2.25. The van der Waals surface area contributed by atoms with E-state index >= 15 is 0 Å². The summed E-state index contributed by atoms with van der Waals surface area (Å²) in [6.07, 6.45) is 2.13. The van der Waals surface area contributed by atoms with E-state index in [1.165, 1.54) is 5.56 Å². The summed E-state index contributed by atoms with van der Waals surface area (Å²) in [6, 6.07) is 6.20. The molecule has 0 amide bonds. The van der Waals surface area contributed by atoms with Crippen LogP contribution in [0.15, 0.2) is 22.7 Å². The fraction of sp³-hybridized carbons (Fsp3) is 0.455. The monoisotopic (exact) mass is 255 g/mol. The van der Waals surface area contributed by atoms with Crippen molar-refractivity contribution in [1.82, 2.24) is 0 Å². The summed E-state index contributed by atoms with van der Waals surface area (Å²) < 4.78 is 6.71. The zero-order valence-corrected chi connectivity index (χ0v) is 9.59. The second-order valence-electron chi connectivity index (χ2n) is 3.59. The molecule has 0 saturated carbocycles. The topological polar surface area (TPSA) is 35.2 Å². The standard InChI is InChI=1S/C11H14BrNO/c12-9-1-2-11-10(7-9)8(3-5-13)4-6-14-11/h1-2,7-8H,3-6,13H2. The molecule has 1 aromatic rings. The summed E-state index contributed by atoms with van der Waals surface area (Å²) in [6.45, 7) is 1.57. The lowest BCUT2D eigenvalue weighted by Crippen LogP contribution is -2.17. The van der Waals surface area contributed by atoms with Gasteiger partial charge in [-0.15, -0.1) is 0 Å². The van der Waals surface area contributed by atoms with Crippen molar-refractivity contribution in [2.24, 2.45) is 5.73 Å². The molecule has 1 aliphatic heterocycles. The number of hydrogen-bond donors (Lipinski definition) is 1. The number of halogens is 1. The second kappa shape index (κ2) is 4.32. The molecule has 2 nitrogen and oxygen atoms in total. The quantitative estimate of drug-likeness (QED) is 0.882. The predicted molar refractivity (Wildman–Crippen MR) is 60.7 cm³/mol. The minimum absolute atomic E-state index is 0.571. The molecule has 3 heteroatoms. The Hall–Kier alpha value is -0.540. The van der Waals surface area contributed by atoms with E-state index < -0.39 is 0 Å². The molecule has 0 bridgehead atoms. The number of nitrogens with two attached hydrogens (primary N) is 1. The van der Waals surface area contributed by atoms with Crippen LogP contribution in [0.5, 0.6) is 5.75 Å². The summed E-state index contributed by atoms with van der Waals surface area (Å²) >= 11 is 3.48. The van der Waals surface area contributed by atoms with Crippen LogP contribution < -0.4 is 10.5 Å². The fourth-order valence-electron chi connectivity index (χ4n) is 1.94. The van der Waals surface area contributed by atoms with Gasteiger partial charge in [0.2, 0.25) is 0 Å². The van der Waals surface area contributed by atoms with Crippen molar-refractivity contribution in [2.45, 2.75) is 18.8 Å². The Morgan fingerprint density at radius 3 is 3.14 bits per heavy atom. The van der Waals surface area contributed by atoms with Crippen LogP contribution in [-0.2, 0) is 0 Å². The van der Waals surface area contributed by atoms with Gasteiger partial charge in [0.15, 0.2) is 0 Å². The van der Waals surface area contributed by atoms with E-state index in [1.807, 2.05) is 12.1 Å². The van der Waals surface area contributed by atoms with Gasteiger partial charge in [0.25, 0.3) is 0 Å². The molecule has 1 heterocycles. The van der Waals surface area contributed by atoms with Crippen LogP contribution in [0.3, 0.4) is 0 Å². The highest BCUT2D eigenvalue weighted by Gasteiger charge is 2.20. The van der Waals surface area contributed by atoms with Crippen LogP contribution in [0.2, 0.25) is 0 Å². The number of benzene rings is 1. The van der Waals surface area contributed by atoms with Crippen LogP contribution in [0, 0.1) is 0 Å². The van der Waals surface area contributed by atoms with Gasteiger partial charge in [-0.25, -0.2) is 0 Å². The molecular formula is C11H14BrNO. The van der Waals surface area contributed by atoms with E-state index in [0.717, 1.165) is 36.2 Å². The third-order valence-electron chi connectivity index (χ3n) is 2.65. The Morgan fingerprint density at radius 2 is 2.36 bits per heavy atom. The summed E-state index contributed by atoms with van der Waals surface area (Å²) in [5.41, 5.74) is 6.90. The average Bonchev–Trinajstić information content (AvgIpc) is 2.19. The summed E-state index contributed by atoms with van der Waals surface area (Å²) in [7, 11) is 0. The Morgan fingerprint density at radius 1 is 1.50 bits per heavy atom.